The Kier molecular flexibility index (Phi) is 9.37. The lowest BCUT2D eigenvalue weighted by molar-refractivity contribution is -0.0785. The topological polar surface area (TPSA) is 33.3 Å². The summed E-state index contributed by atoms with van der Waals surface area (Å²) in [7, 11) is 0. The van der Waals surface area contributed by atoms with Gasteiger partial charge in [0.25, 0.3) is 0 Å². The summed E-state index contributed by atoms with van der Waals surface area (Å²) in [4.78, 5) is 0. The fourth-order valence-corrected chi connectivity index (χ4v) is 14.8. The zero-order chi connectivity index (χ0) is 29.7. The summed E-state index contributed by atoms with van der Waals surface area (Å²) in [6.45, 7) is 0. The number of nitrogens with one attached hydrogen (secondary N) is 2. The first-order valence-electron chi connectivity index (χ1n) is 21.5. The number of rotatable bonds is 4. The van der Waals surface area contributed by atoms with E-state index in [0.29, 0.717) is 18.4 Å². The zero-order valence-corrected chi connectivity index (χ0v) is 29.0. The number of ether oxygens (including phenoxy) is 1. The van der Waals surface area contributed by atoms with E-state index in [-0.39, 0.29) is 0 Å². The quantitative estimate of drug-likeness (QED) is 0.329. The Labute approximate surface area is 277 Å². The third-order valence-corrected chi connectivity index (χ3v) is 16.9. The number of hydrogen-bond donors (Lipinski definition) is 2. The van der Waals surface area contributed by atoms with E-state index in [4.69, 9.17) is 4.74 Å². The molecule has 2 heterocycles. The molecule has 0 spiro atoms. The predicted molar refractivity (Wildman–Crippen MR) is 185 cm³/mol. The van der Waals surface area contributed by atoms with Crippen LogP contribution in [0.15, 0.2) is 0 Å². The average Bonchev–Trinajstić information content (AvgIpc) is 3.49. The van der Waals surface area contributed by atoms with Crippen molar-refractivity contribution >= 4 is 0 Å². The Hall–Kier alpha value is -0.120. The van der Waals surface area contributed by atoms with Gasteiger partial charge in [0.1, 0.15) is 0 Å². The van der Waals surface area contributed by atoms with Crippen molar-refractivity contribution in [3.8, 4) is 0 Å². The summed E-state index contributed by atoms with van der Waals surface area (Å²) in [6, 6.07) is 1.48. The third kappa shape index (κ3) is 6.15. The standard InChI is InChI=1S/C42H70N2O/c1-3-12-28(13-4-1)37-26-38(44-42(43-37)29-14-5-2-6-15-29)35-22-21-34(33-20-19-27-11-7-8-16-30(27)23-33)41-40(35)36-24-31-17-9-10-18-32(31)25-39(36)45-41/h27-44H,1-26H2. The molecule has 45 heavy (non-hydrogen) atoms. The summed E-state index contributed by atoms with van der Waals surface area (Å²) in [5.74, 6) is 10.3. The van der Waals surface area contributed by atoms with Gasteiger partial charge in [0, 0.05) is 12.1 Å². The molecule has 0 bridgehead atoms. The van der Waals surface area contributed by atoms with Crippen molar-refractivity contribution in [1.82, 2.24) is 10.6 Å². The van der Waals surface area contributed by atoms with Gasteiger partial charge in [0.2, 0.25) is 0 Å². The van der Waals surface area contributed by atoms with Crippen LogP contribution in [0.5, 0.6) is 0 Å². The second-order valence-corrected chi connectivity index (χ2v) is 19.0. The number of hydrogen-bond acceptors (Lipinski definition) is 3. The SMILES string of the molecule is C1CCC(C2CC(C3CCC(C4CCC5CCCCC5C4)C4OC5CC6CCCCC6CC5C34)NC(C3CCCCC3)N2)CC1. The minimum Gasteiger partial charge on any atom is -0.374 e. The molecule has 7 saturated carbocycles. The van der Waals surface area contributed by atoms with Gasteiger partial charge >= 0.3 is 0 Å². The zero-order valence-electron chi connectivity index (χ0n) is 29.0. The van der Waals surface area contributed by atoms with E-state index in [9.17, 15) is 0 Å². The summed E-state index contributed by atoms with van der Waals surface area (Å²) >= 11 is 0. The van der Waals surface area contributed by atoms with Crippen LogP contribution >= 0.6 is 0 Å². The van der Waals surface area contributed by atoms with Gasteiger partial charge < -0.3 is 4.74 Å². The van der Waals surface area contributed by atoms with E-state index in [1.807, 2.05) is 0 Å². The van der Waals surface area contributed by atoms with Gasteiger partial charge in [-0.2, -0.15) is 0 Å². The van der Waals surface area contributed by atoms with E-state index >= 15 is 0 Å². The molecule has 3 nitrogen and oxygen atoms in total. The summed E-state index contributed by atoms with van der Waals surface area (Å²) < 4.78 is 7.58. The summed E-state index contributed by atoms with van der Waals surface area (Å²) in [6.07, 6.45) is 40.6. The first-order chi connectivity index (χ1) is 22.3. The lowest BCUT2D eigenvalue weighted by atomic mass is 9.55. The van der Waals surface area contributed by atoms with Crippen LogP contribution in [-0.2, 0) is 4.74 Å². The highest BCUT2D eigenvalue weighted by molar-refractivity contribution is 5.09. The van der Waals surface area contributed by atoms with Crippen molar-refractivity contribution in [2.75, 3.05) is 0 Å². The lowest BCUT2D eigenvalue weighted by Gasteiger charge is -2.53. The van der Waals surface area contributed by atoms with E-state index < -0.39 is 0 Å². The maximum atomic E-state index is 7.58. The molecule has 3 heteroatoms. The lowest BCUT2D eigenvalue weighted by Crippen LogP contribution is -2.66. The normalized spacial score (nSPS) is 51.5. The van der Waals surface area contributed by atoms with E-state index in [0.717, 1.165) is 77.2 Å². The van der Waals surface area contributed by atoms with Gasteiger partial charge in [-0.1, -0.05) is 89.9 Å². The van der Waals surface area contributed by atoms with Gasteiger partial charge in [0.15, 0.2) is 0 Å². The van der Waals surface area contributed by atoms with Gasteiger partial charge in [-0.3, -0.25) is 10.6 Å². The summed E-state index contributed by atoms with van der Waals surface area (Å²) in [5.41, 5.74) is 0. The van der Waals surface area contributed by atoms with Crippen LogP contribution in [0.25, 0.3) is 0 Å². The molecule has 0 aromatic rings. The summed E-state index contributed by atoms with van der Waals surface area (Å²) in [5, 5.41) is 8.85. The molecule has 0 aromatic heterocycles. The van der Waals surface area contributed by atoms with Crippen LogP contribution in [0.4, 0.5) is 0 Å². The molecule has 0 radical (unpaired) electrons. The van der Waals surface area contributed by atoms with Gasteiger partial charge in [-0.15, -0.1) is 0 Å². The molecule has 9 fully saturated rings. The molecule has 9 rings (SSSR count). The molecule has 14 atom stereocenters. The molecule has 0 amide bonds. The second kappa shape index (κ2) is 13.7. The fourth-order valence-electron chi connectivity index (χ4n) is 14.8. The van der Waals surface area contributed by atoms with E-state index in [1.165, 1.54) is 141 Å². The average molecular weight is 619 g/mol. The Morgan fingerprint density at radius 2 is 0.911 bits per heavy atom. The van der Waals surface area contributed by atoms with Crippen molar-refractivity contribution in [2.45, 2.75) is 197 Å². The van der Waals surface area contributed by atoms with Crippen LogP contribution in [0.3, 0.4) is 0 Å². The van der Waals surface area contributed by atoms with Crippen LogP contribution in [0.1, 0.15) is 167 Å². The Bertz CT molecular complexity index is 946. The highest BCUT2D eigenvalue weighted by Gasteiger charge is 2.59. The first-order valence-corrected chi connectivity index (χ1v) is 21.5. The number of fused-ring (bicyclic) bond motifs is 5. The maximum Gasteiger partial charge on any atom is 0.0644 e. The minimum absolute atomic E-state index is 0.570. The highest BCUT2D eigenvalue weighted by Crippen LogP contribution is 2.59. The molecule has 14 unspecified atom stereocenters. The Morgan fingerprint density at radius 3 is 1.67 bits per heavy atom. The molecule has 7 aliphatic carbocycles. The molecular formula is C42H70N2O. The van der Waals surface area contributed by atoms with Crippen LogP contribution in [0.2, 0.25) is 0 Å². The van der Waals surface area contributed by atoms with Gasteiger partial charge in [-0.25, -0.2) is 0 Å². The Balaban J connectivity index is 0.994. The molecule has 2 N–H and O–H groups in total. The van der Waals surface area contributed by atoms with Crippen molar-refractivity contribution in [3.05, 3.63) is 0 Å². The van der Waals surface area contributed by atoms with Crippen molar-refractivity contribution in [2.24, 2.45) is 65.1 Å². The molecule has 0 aromatic carbocycles. The molecule has 254 valence electrons. The van der Waals surface area contributed by atoms with Crippen LogP contribution in [0, 0.1) is 65.1 Å². The Morgan fingerprint density at radius 1 is 0.356 bits per heavy atom. The van der Waals surface area contributed by atoms with Gasteiger partial charge in [-0.05, 0) is 142 Å². The first kappa shape index (κ1) is 30.9. The molecule has 2 aliphatic heterocycles. The smallest absolute Gasteiger partial charge is 0.0644 e. The fraction of sp³-hybridized carbons (Fsp3) is 1.00. The van der Waals surface area contributed by atoms with E-state index in [2.05, 4.69) is 10.6 Å². The monoisotopic (exact) mass is 619 g/mol. The largest absolute Gasteiger partial charge is 0.374 e. The van der Waals surface area contributed by atoms with Crippen LogP contribution < -0.4 is 10.6 Å². The minimum atomic E-state index is 0.570. The predicted octanol–water partition coefficient (Wildman–Crippen LogP) is 10.0. The van der Waals surface area contributed by atoms with Crippen molar-refractivity contribution in [3.63, 3.8) is 0 Å². The van der Waals surface area contributed by atoms with Gasteiger partial charge in [0.05, 0.1) is 18.4 Å². The molecule has 9 aliphatic rings. The van der Waals surface area contributed by atoms with Crippen molar-refractivity contribution in [1.29, 1.82) is 0 Å². The molecule has 2 saturated heterocycles. The second-order valence-electron chi connectivity index (χ2n) is 19.0. The van der Waals surface area contributed by atoms with E-state index in [1.54, 1.807) is 25.7 Å². The highest BCUT2D eigenvalue weighted by atomic mass is 16.5. The van der Waals surface area contributed by atoms with Crippen LogP contribution in [-0.4, -0.2) is 30.5 Å². The van der Waals surface area contributed by atoms with Crippen molar-refractivity contribution < 1.29 is 4.74 Å². The maximum absolute atomic E-state index is 7.58. The third-order valence-electron chi connectivity index (χ3n) is 16.9. The molecular weight excluding hydrogens is 548 g/mol.